The van der Waals surface area contributed by atoms with Crippen LogP contribution in [0, 0.1) is 0 Å². The third-order valence-electron chi connectivity index (χ3n) is 6.38. The number of benzene rings is 1. The summed E-state index contributed by atoms with van der Waals surface area (Å²) >= 11 is 0. The van der Waals surface area contributed by atoms with Crippen molar-refractivity contribution in [2.75, 3.05) is 11.1 Å². The Labute approximate surface area is 201 Å². The zero-order valence-electron chi connectivity index (χ0n) is 18.8. The second-order valence-corrected chi connectivity index (χ2v) is 8.64. The highest BCUT2D eigenvalue weighted by atomic mass is 19.4. The fourth-order valence-corrected chi connectivity index (χ4v) is 4.41. The van der Waals surface area contributed by atoms with Gasteiger partial charge in [-0.3, -0.25) is 4.79 Å². The second-order valence-electron chi connectivity index (χ2n) is 8.64. The average Bonchev–Trinajstić information content (AvgIpc) is 3.33. The van der Waals surface area contributed by atoms with E-state index in [9.17, 15) is 26.7 Å². The fourth-order valence-electron chi connectivity index (χ4n) is 4.41. The largest absolute Gasteiger partial charge is 0.453 e. The highest BCUT2D eigenvalue weighted by Crippen LogP contribution is 2.45. The molecule has 3 aromatic heterocycles. The first-order chi connectivity index (χ1) is 16.9. The van der Waals surface area contributed by atoms with Crippen molar-refractivity contribution in [3.05, 3.63) is 71.7 Å². The van der Waals surface area contributed by atoms with E-state index in [2.05, 4.69) is 20.3 Å². The number of alkyl halides is 5. The lowest BCUT2D eigenvalue weighted by molar-refractivity contribution is -0.284. The maximum Gasteiger partial charge on any atom is 0.453 e. The van der Waals surface area contributed by atoms with Gasteiger partial charge in [-0.15, -0.1) is 0 Å². The van der Waals surface area contributed by atoms with E-state index in [1.807, 2.05) is 6.07 Å². The van der Waals surface area contributed by atoms with Crippen molar-refractivity contribution in [2.45, 2.75) is 37.3 Å². The topological polar surface area (TPSA) is 98.2 Å². The molecule has 0 radical (unpaired) electrons. The molecule has 3 N–H and O–H groups in total. The van der Waals surface area contributed by atoms with Crippen LogP contribution in [0.2, 0.25) is 0 Å². The Morgan fingerprint density at radius 3 is 2.39 bits per heavy atom. The van der Waals surface area contributed by atoms with Gasteiger partial charge in [0, 0.05) is 19.0 Å². The van der Waals surface area contributed by atoms with Crippen LogP contribution in [0.1, 0.15) is 30.3 Å². The van der Waals surface area contributed by atoms with Gasteiger partial charge < -0.3 is 15.5 Å². The summed E-state index contributed by atoms with van der Waals surface area (Å²) in [6.07, 6.45) is -6.29. The van der Waals surface area contributed by atoms with Crippen LogP contribution in [-0.4, -0.2) is 37.4 Å². The lowest BCUT2D eigenvalue weighted by atomic mass is 9.78. The number of carbonyl (C=O) groups excluding carboxylic acids is 1. The molecule has 0 fully saturated rings. The van der Waals surface area contributed by atoms with E-state index in [4.69, 9.17) is 5.73 Å². The number of nitrogens with two attached hydrogens (primary N) is 1. The number of imidazole rings is 1. The van der Waals surface area contributed by atoms with E-state index in [-0.39, 0.29) is 34.9 Å². The summed E-state index contributed by atoms with van der Waals surface area (Å²) < 4.78 is 66.5. The van der Waals surface area contributed by atoms with Gasteiger partial charge in [0.25, 0.3) is 0 Å². The van der Waals surface area contributed by atoms with Crippen molar-refractivity contribution in [1.82, 2.24) is 19.4 Å². The smallest absolute Gasteiger partial charge is 0.383 e. The van der Waals surface area contributed by atoms with Crippen LogP contribution >= 0.6 is 0 Å². The van der Waals surface area contributed by atoms with Crippen molar-refractivity contribution in [3.63, 3.8) is 0 Å². The summed E-state index contributed by atoms with van der Waals surface area (Å²) in [6.45, 7) is 1.70. The van der Waals surface area contributed by atoms with Crippen molar-refractivity contribution < 1.29 is 26.7 Å². The summed E-state index contributed by atoms with van der Waals surface area (Å²) in [5, 5.41) is 2.73. The molecular formula is C24H19F5N6O. The number of halogens is 5. The zero-order chi connectivity index (χ0) is 25.9. The molecule has 12 heteroatoms. The summed E-state index contributed by atoms with van der Waals surface area (Å²) in [5.41, 5.74) is 6.74. The van der Waals surface area contributed by atoms with Gasteiger partial charge in [0.05, 0.1) is 11.1 Å². The molecular weight excluding hydrogens is 483 g/mol. The van der Waals surface area contributed by atoms with Crippen LogP contribution in [0.5, 0.6) is 0 Å². The van der Waals surface area contributed by atoms with E-state index in [1.54, 1.807) is 49.4 Å². The normalized spacial score (nSPS) is 17.9. The van der Waals surface area contributed by atoms with Gasteiger partial charge >= 0.3 is 12.1 Å². The number of anilines is 2. The molecule has 1 amide bonds. The lowest BCUT2D eigenvalue weighted by Gasteiger charge is -2.23. The molecule has 1 atom stereocenters. The van der Waals surface area contributed by atoms with Gasteiger partial charge in [-0.1, -0.05) is 36.4 Å². The Balaban J connectivity index is 1.58. The van der Waals surface area contributed by atoms with Crippen molar-refractivity contribution in [2.24, 2.45) is 0 Å². The number of rotatable bonds is 5. The molecule has 4 aromatic rings. The lowest BCUT2D eigenvalue weighted by Crippen LogP contribution is -2.36. The molecule has 1 aliphatic heterocycles. The Morgan fingerprint density at radius 2 is 1.69 bits per heavy atom. The van der Waals surface area contributed by atoms with Crippen LogP contribution in [0.25, 0.3) is 17.0 Å². The molecule has 5 rings (SSSR count). The number of carbonyl (C=O) groups is 1. The number of amides is 1. The summed E-state index contributed by atoms with van der Waals surface area (Å²) in [6, 6.07) is 13.8. The van der Waals surface area contributed by atoms with E-state index >= 15 is 0 Å². The molecule has 36 heavy (non-hydrogen) atoms. The Kier molecular flexibility index (Phi) is 5.23. The predicted molar refractivity (Wildman–Crippen MR) is 121 cm³/mol. The van der Waals surface area contributed by atoms with Gasteiger partial charge in [-0.25, -0.2) is 15.0 Å². The first-order valence-corrected chi connectivity index (χ1v) is 10.9. The van der Waals surface area contributed by atoms with E-state index in [1.165, 1.54) is 10.6 Å². The molecule has 1 unspecified atom stereocenters. The number of fused-ring (bicyclic) bond motifs is 2. The van der Waals surface area contributed by atoms with Crippen LogP contribution < -0.4 is 11.1 Å². The summed E-state index contributed by atoms with van der Waals surface area (Å²) in [5.74, 6) is -5.05. The Morgan fingerprint density at radius 1 is 1.00 bits per heavy atom. The first-order valence-electron chi connectivity index (χ1n) is 10.9. The number of pyridine rings is 1. The Bertz CT molecular complexity index is 1480. The monoisotopic (exact) mass is 502 g/mol. The van der Waals surface area contributed by atoms with Gasteiger partial charge in [0.15, 0.2) is 5.82 Å². The third kappa shape index (κ3) is 3.55. The molecule has 0 bridgehead atoms. The van der Waals surface area contributed by atoms with E-state index in [0.717, 1.165) is 0 Å². The standard InChI is InChI=1S/C24H19F5N6O/c1-22(13-7-3-2-4-8-13)16-18(30)32-20(33-19(16)34-21(22)36)17-14-9-5-6-12-35(14)15(31-17)10-11-23(25,26)24(27,28)29/h2-9,12H,10-11H2,1H3,(H3,30,32,33,34,36). The van der Waals surface area contributed by atoms with Crippen LogP contribution in [0.4, 0.5) is 33.6 Å². The van der Waals surface area contributed by atoms with E-state index < -0.39 is 30.4 Å². The van der Waals surface area contributed by atoms with Crippen molar-refractivity contribution in [1.29, 1.82) is 0 Å². The number of hydrogen-bond donors (Lipinski definition) is 2. The maximum atomic E-state index is 13.6. The molecule has 186 valence electrons. The number of aromatic nitrogens is 4. The van der Waals surface area contributed by atoms with Crippen molar-refractivity contribution >= 4 is 23.1 Å². The van der Waals surface area contributed by atoms with Crippen molar-refractivity contribution in [3.8, 4) is 11.5 Å². The Hall–Kier alpha value is -4.09. The predicted octanol–water partition coefficient (Wildman–Crippen LogP) is 4.76. The SMILES string of the molecule is CC1(c2ccccc2)C(=O)Nc2nc(-c3nc(CCC(F)(F)C(F)(F)F)n4ccccc34)nc(N)c21. The van der Waals surface area contributed by atoms with Crippen LogP contribution in [-0.2, 0) is 16.6 Å². The maximum absolute atomic E-state index is 13.6. The molecule has 0 aliphatic carbocycles. The molecule has 0 saturated heterocycles. The second kappa shape index (κ2) is 7.97. The molecule has 1 aliphatic rings. The highest BCUT2D eigenvalue weighted by Gasteiger charge is 2.56. The number of nitrogens with zero attached hydrogens (tertiary/aromatic N) is 4. The van der Waals surface area contributed by atoms with Gasteiger partial charge in [0.2, 0.25) is 5.91 Å². The fraction of sp³-hybridized carbons (Fsp3) is 0.250. The zero-order valence-corrected chi connectivity index (χ0v) is 18.8. The first kappa shape index (κ1) is 23.6. The van der Waals surface area contributed by atoms with Crippen LogP contribution in [0.15, 0.2) is 54.7 Å². The molecule has 0 saturated carbocycles. The minimum absolute atomic E-state index is 0.00129. The van der Waals surface area contributed by atoms with Gasteiger partial charge in [-0.2, -0.15) is 22.0 Å². The molecule has 4 heterocycles. The third-order valence-corrected chi connectivity index (χ3v) is 6.38. The average molecular weight is 502 g/mol. The number of hydrogen-bond acceptors (Lipinski definition) is 5. The molecule has 1 aromatic carbocycles. The summed E-state index contributed by atoms with van der Waals surface area (Å²) in [7, 11) is 0. The molecule has 0 spiro atoms. The summed E-state index contributed by atoms with van der Waals surface area (Å²) in [4.78, 5) is 26.1. The quantitative estimate of drug-likeness (QED) is 0.384. The number of aryl methyl sites for hydroxylation is 1. The number of nitrogens with one attached hydrogen (secondary N) is 1. The van der Waals surface area contributed by atoms with E-state index in [0.29, 0.717) is 16.6 Å². The minimum atomic E-state index is -5.66. The van der Waals surface area contributed by atoms with Gasteiger partial charge in [0.1, 0.15) is 28.6 Å². The minimum Gasteiger partial charge on any atom is -0.383 e. The van der Waals surface area contributed by atoms with Gasteiger partial charge in [-0.05, 0) is 24.6 Å². The highest BCUT2D eigenvalue weighted by molar-refractivity contribution is 6.09. The molecule has 7 nitrogen and oxygen atoms in total. The number of nitrogen functional groups attached to an aromatic ring is 1. The van der Waals surface area contributed by atoms with Crippen LogP contribution in [0.3, 0.4) is 0 Å².